The predicted octanol–water partition coefficient (Wildman–Crippen LogP) is 1.61. The van der Waals surface area contributed by atoms with Crippen molar-refractivity contribution in [2.24, 2.45) is 0 Å². The number of amides is 1. The Morgan fingerprint density at radius 1 is 1.25 bits per heavy atom. The van der Waals surface area contributed by atoms with E-state index in [1.54, 1.807) is 0 Å². The molecule has 0 aliphatic heterocycles. The number of carbonyl (C=O) groups is 2. The van der Waals surface area contributed by atoms with E-state index in [2.05, 4.69) is 16.0 Å². The molecule has 0 heterocycles. The summed E-state index contributed by atoms with van der Waals surface area (Å²) in [6.45, 7) is -0.557. The molecular weight excluding hydrogens is 275 g/mol. The van der Waals surface area contributed by atoms with Gasteiger partial charge in [0.15, 0.2) is 6.61 Å². The van der Waals surface area contributed by atoms with Gasteiger partial charge >= 0.3 is 12.1 Å². The Labute approximate surface area is 112 Å². The van der Waals surface area contributed by atoms with Gasteiger partial charge in [-0.25, -0.2) is 4.79 Å². The van der Waals surface area contributed by atoms with Gasteiger partial charge in [-0.2, -0.15) is 13.2 Å². The first-order valence-electron chi connectivity index (χ1n) is 5.39. The first-order chi connectivity index (χ1) is 9.34. The standard InChI is InChI=1S/C13H10F3NO3/c1-2-7-17-11(18)8-20-12(19)9-3-5-10(6-4-9)13(14,15)16/h1,3-6H,7-8H2,(H,17,18). The number of esters is 1. The van der Waals surface area contributed by atoms with Crippen molar-refractivity contribution in [3.05, 3.63) is 35.4 Å². The highest BCUT2D eigenvalue weighted by Crippen LogP contribution is 2.29. The lowest BCUT2D eigenvalue weighted by molar-refractivity contribution is -0.137. The maximum atomic E-state index is 12.3. The molecule has 0 spiro atoms. The molecule has 1 aromatic rings. The minimum absolute atomic E-state index is 0.00331. The Kier molecular flexibility index (Phi) is 5.15. The molecule has 0 bridgehead atoms. The van der Waals surface area contributed by atoms with Crippen molar-refractivity contribution < 1.29 is 27.5 Å². The van der Waals surface area contributed by atoms with Gasteiger partial charge in [-0.3, -0.25) is 4.79 Å². The van der Waals surface area contributed by atoms with Crippen LogP contribution in [0.2, 0.25) is 0 Å². The molecule has 0 fully saturated rings. The molecule has 7 heteroatoms. The summed E-state index contributed by atoms with van der Waals surface area (Å²) in [5.41, 5.74) is -0.955. The second kappa shape index (κ2) is 6.61. The molecule has 1 aromatic carbocycles. The Hall–Kier alpha value is -2.49. The fourth-order valence-electron chi connectivity index (χ4n) is 1.21. The molecular formula is C13H10F3NO3. The number of halogens is 3. The predicted molar refractivity (Wildman–Crippen MR) is 63.6 cm³/mol. The number of nitrogens with one attached hydrogen (secondary N) is 1. The van der Waals surface area contributed by atoms with Crippen LogP contribution in [0.4, 0.5) is 13.2 Å². The third-order valence-electron chi connectivity index (χ3n) is 2.17. The Bertz CT molecular complexity index is 529. The van der Waals surface area contributed by atoms with Crippen molar-refractivity contribution >= 4 is 11.9 Å². The number of rotatable bonds is 4. The number of ether oxygens (including phenoxy) is 1. The van der Waals surface area contributed by atoms with Crippen LogP contribution in [-0.4, -0.2) is 25.0 Å². The van der Waals surface area contributed by atoms with Gasteiger partial charge in [0, 0.05) is 0 Å². The normalized spacial score (nSPS) is 10.5. The lowest BCUT2D eigenvalue weighted by atomic mass is 10.1. The summed E-state index contributed by atoms with van der Waals surface area (Å²) in [6.07, 6.45) is 0.434. The number of carbonyl (C=O) groups excluding carboxylic acids is 2. The summed E-state index contributed by atoms with van der Waals surface area (Å²) < 4.78 is 41.5. The minimum atomic E-state index is -4.47. The van der Waals surface area contributed by atoms with Crippen LogP contribution in [0.25, 0.3) is 0 Å². The van der Waals surface area contributed by atoms with Crippen molar-refractivity contribution in [2.75, 3.05) is 13.2 Å². The quantitative estimate of drug-likeness (QED) is 0.675. The second-order valence-electron chi connectivity index (χ2n) is 3.63. The number of hydrogen-bond acceptors (Lipinski definition) is 3. The van der Waals surface area contributed by atoms with Crippen molar-refractivity contribution in [1.82, 2.24) is 5.32 Å². The zero-order valence-corrected chi connectivity index (χ0v) is 10.2. The molecule has 0 aliphatic rings. The van der Waals surface area contributed by atoms with Crippen LogP contribution >= 0.6 is 0 Å². The topological polar surface area (TPSA) is 55.4 Å². The van der Waals surface area contributed by atoms with Crippen LogP contribution in [-0.2, 0) is 15.7 Å². The van der Waals surface area contributed by atoms with Crippen LogP contribution in [0.15, 0.2) is 24.3 Å². The lowest BCUT2D eigenvalue weighted by Crippen LogP contribution is -2.29. The fraction of sp³-hybridized carbons (Fsp3) is 0.231. The van der Waals surface area contributed by atoms with E-state index < -0.39 is 30.2 Å². The monoisotopic (exact) mass is 285 g/mol. The van der Waals surface area contributed by atoms with E-state index in [0.717, 1.165) is 24.3 Å². The van der Waals surface area contributed by atoms with Gasteiger partial charge in [0.25, 0.3) is 5.91 Å². The van der Waals surface area contributed by atoms with E-state index in [1.165, 1.54) is 0 Å². The molecule has 1 amide bonds. The van der Waals surface area contributed by atoms with E-state index in [4.69, 9.17) is 6.42 Å². The van der Waals surface area contributed by atoms with E-state index in [1.807, 2.05) is 0 Å². The maximum absolute atomic E-state index is 12.3. The van der Waals surface area contributed by atoms with E-state index in [0.29, 0.717) is 0 Å². The smallest absolute Gasteiger partial charge is 0.416 e. The fourth-order valence-corrected chi connectivity index (χ4v) is 1.21. The van der Waals surface area contributed by atoms with E-state index in [9.17, 15) is 22.8 Å². The summed E-state index contributed by atoms with van der Waals surface area (Å²) in [5, 5.41) is 2.27. The van der Waals surface area contributed by atoms with Gasteiger partial charge in [0.2, 0.25) is 0 Å². The highest BCUT2D eigenvalue weighted by Gasteiger charge is 2.30. The van der Waals surface area contributed by atoms with Crippen LogP contribution in [0, 0.1) is 12.3 Å². The average molecular weight is 285 g/mol. The summed E-state index contributed by atoms with van der Waals surface area (Å²) in [5.74, 6) is 0.671. The summed E-state index contributed by atoms with van der Waals surface area (Å²) in [7, 11) is 0. The van der Waals surface area contributed by atoms with Gasteiger partial charge in [-0.1, -0.05) is 5.92 Å². The molecule has 0 radical (unpaired) electrons. The van der Waals surface area contributed by atoms with Crippen molar-refractivity contribution in [3.63, 3.8) is 0 Å². The third kappa shape index (κ3) is 4.65. The summed E-state index contributed by atoms with van der Waals surface area (Å²) in [6, 6.07) is 3.47. The molecule has 1 N–H and O–H groups in total. The second-order valence-corrected chi connectivity index (χ2v) is 3.63. The molecule has 4 nitrogen and oxygen atoms in total. The van der Waals surface area contributed by atoms with E-state index in [-0.39, 0.29) is 12.1 Å². The highest BCUT2D eigenvalue weighted by molar-refractivity contribution is 5.91. The maximum Gasteiger partial charge on any atom is 0.416 e. The Morgan fingerprint density at radius 2 is 1.85 bits per heavy atom. The van der Waals surface area contributed by atoms with Gasteiger partial charge < -0.3 is 10.1 Å². The first kappa shape index (κ1) is 15.6. The van der Waals surface area contributed by atoms with Crippen LogP contribution in [0.5, 0.6) is 0 Å². The van der Waals surface area contributed by atoms with Gasteiger partial charge in [-0.15, -0.1) is 6.42 Å². The minimum Gasteiger partial charge on any atom is -0.452 e. The molecule has 0 saturated heterocycles. The Morgan fingerprint density at radius 3 is 2.35 bits per heavy atom. The van der Waals surface area contributed by atoms with Gasteiger partial charge in [0.05, 0.1) is 17.7 Å². The van der Waals surface area contributed by atoms with Crippen LogP contribution in [0.3, 0.4) is 0 Å². The largest absolute Gasteiger partial charge is 0.452 e. The summed E-state index contributed by atoms with van der Waals surface area (Å²) >= 11 is 0. The zero-order chi connectivity index (χ0) is 15.2. The number of terminal acetylenes is 1. The number of benzene rings is 1. The highest BCUT2D eigenvalue weighted by atomic mass is 19.4. The first-order valence-corrected chi connectivity index (χ1v) is 5.39. The average Bonchev–Trinajstić information content (AvgIpc) is 2.41. The van der Waals surface area contributed by atoms with Crippen molar-refractivity contribution in [3.8, 4) is 12.3 Å². The summed E-state index contributed by atoms with van der Waals surface area (Å²) in [4.78, 5) is 22.6. The molecule has 0 unspecified atom stereocenters. The Balaban J connectivity index is 2.57. The van der Waals surface area contributed by atoms with Gasteiger partial charge in [0.1, 0.15) is 0 Å². The van der Waals surface area contributed by atoms with E-state index >= 15 is 0 Å². The molecule has 0 saturated carbocycles. The molecule has 106 valence electrons. The third-order valence-corrected chi connectivity index (χ3v) is 2.17. The number of hydrogen-bond donors (Lipinski definition) is 1. The van der Waals surface area contributed by atoms with Crippen molar-refractivity contribution in [2.45, 2.75) is 6.18 Å². The SMILES string of the molecule is C#CCNC(=O)COC(=O)c1ccc(C(F)(F)F)cc1. The van der Waals surface area contributed by atoms with Crippen LogP contribution in [0.1, 0.15) is 15.9 Å². The zero-order valence-electron chi connectivity index (χ0n) is 10.2. The lowest BCUT2D eigenvalue weighted by Gasteiger charge is -2.07. The molecule has 0 atom stereocenters. The number of alkyl halides is 3. The van der Waals surface area contributed by atoms with Crippen molar-refractivity contribution in [1.29, 1.82) is 0 Å². The molecule has 0 aliphatic carbocycles. The molecule has 1 rings (SSSR count). The van der Waals surface area contributed by atoms with Gasteiger partial charge in [-0.05, 0) is 24.3 Å². The molecule has 20 heavy (non-hydrogen) atoms. The van der Waals surface area contributed by atoms with Crippen LogP contribution < -0.4 is 5.32 Å². The molecule has 0 aromatic heterocycles.